The highest BCUT2D eigenvalue weighted by atomic mass is 35.5. The van der Waals surface area contributed by atoms with Crippen molar-refractivity contribution in [3.05, 3.63) is 48.0 Å². The van der Waals surface area contributed by atoms with Crippen LogP contribution in [0.25, 0.3) is 10.2 Å². The van der Waals surface area contributed by atoms with Crippen molar-refractivity contribution in [3.8, 4) is 0 Å². The molecule has 0 aliphatic carbocycles. The molecule has 0 atom stereocenters. The maximum Gasteiger partial charge on any atom is 0.260 e. The molecule has 33 heavy (non-hydrogen) atoms. The predicted octanol–water partition coefficient (Wildman–Crippen LogP) is 3.82. The molecule has 0 bridgehead atoms. The number of nitrogens with zero attached hydrogens (tertiary/aromatic N) is 3. The molecule has 7 nitrogen and oxygen atoms in total. The average Bonchev–Trinajstić information content (AvgIpc) is 3.22. The fourth-order valence-corrected chi connectivity index (χ4v) is 5.64. The van der Waals surface area contributed by atoms with E-state index >= 15 is 0 Å². The van der Waals surface area contributed by atoms with Crippen LogP contribution >= 0.6 is 35.5 Å². The number of halogens is 1. The molecule has 1 aliphatic heterocycles. The summed E-state index contributed by atoms with van der Waals surface area (Å²) in [5.74, 6) is -0.117. The highest BCUT2D eigenvalue weighted by Gasteiger charge is 2.23. The first-order chi connectivity index (χ1) is 15.3. The van der Waals surface area contributed by atoms with Gasteiger partial charge in [-0.05, 0) is 48.7 Å². The van der Waals surface area contributed by atoms with Crippen molar-refractivity contribution in [1.29, 1.82) is 0 Å². The Kier molecular flexibility index (Phi) is 8.76. The minimum atomic E-state index is -3.32. The van der Waals surface area contributed by atoms with Crippen molar-refractivity contribution < 1.29 is 17.9 Å². The van der Waals surface area contributed by atoms with Crippen LogP contribution in [0.4, 0.5) is 5.13 Å². The van der Waals surface area contributed by atoms with Gasteiger partial charge in [-0.3, -0.25) is 14.6 Å². The first-order valence-corrected chi connectivity index (χ1v) is 14.1. The largest absolute Gasteiger partial charge is 0.379 e. The van der Waals surface area contributed by atoms with Gasteiger partial charge in [-0.25, -0.2) is 13.4 Å². The second-order valence-corrected chi connectivity index (χ2v) is 11.4. The summed E-state index contributed by atoms with van der Waals surface area (Å²) in [6.07, 6.45) is 3.18. The van der Waals surface area contributed by atoms with Crippen LogP contribution in [-0.4, -0.2) is 76.1 Å². The Morgan fingerprint density at radius 2 is 1.88 bits per heavy atom. The lowest BCUT2D eigenvalue weighted by atomic mass is 10.2. The van der Waals surface area contributed by atoms with Gasteiger partial charge >= 0.3 is 0 Å². The van der Waals surface area contributed by atoms with Crippen LogP contribution in [0.3, 0.4) is 0 Å². The van der Waals surface area contributed by atoms with Crippen molar-refractivity contribution in [2.24, 2.45) is 0 Å². The lowest BCUT2D eigenvalue weighted by molar-refractivity contribution is 0.0391. The van der Waals surface area contributed by atoms with E-state index in [9.17, 15) is 13.2 Å². The number of hydrogen-bond donors (Lipinski definition) is 0. The molecule has 0 spiro atoms. The second-order valence-electron chi connectivity index (χ2n) is 7.54. The summed E-state index contributed by atoms with van der Waals surface area (Å²) in [7, 11) is -3.32. The normalized spacial score (nSPS) is 14.7. The summed E-state index contributed by atoms with van der Waals surface area (Å²) in [6, 6.07) is 12.4. The Balaban J connectivity index is 0.00000306. The minimum Gasteiger partial charge on any atom is -0.379 e. The maximum absolute atomic E-state index is 13.5. The second kappa shape index (κ2) is 11.2. The van der Waals surface area contributed by atoms with Crippen LogP contribution in [0.1, 0.15) is 10.4 Å². The SMILES string of the molecule is CSc1ccc(C(=O)N(CCN2CCOCC2)c2nc3ccc(S(C)(=O)=O)cc3s2)cc1.Cl. The highest BCUT2D eigenvalue weighted by molar-refractivity contribution is 7.98. The molecule has 1 aliphatic rings. The van der Waals surface area contributed by atoms with Gasteiger partial charge in [0.05, 0.1) is 28.3 Å². The van der Waals surface area contributed by atoms with E-state index in [1.54, 1.807) is 34.9 Å². The van der Waals surface area contributed by atoms with Crippen molar-refractivity contribution in [2.75, 3.05) is 56.8 Å². The first kappa shape index (κ1) is 25.9. The van der Waals surface area contributed by atoms with Gasteiger partial charge in [-0.1, -0.05) is 11.3 Å². The van der Waals surface area contributed by atoms with Crippen LogP contribution in [0.15, 0.2) is 52.3 Å². The summed E-state index contributed by atoms with van der Waals surface area (Å²) in [4.78, 5) is 23.4. The molecule has 2 aromatic carbocycles. The smallest absolute Gasteiger partial charge is 0.260 e. The molecule has 2 heterocycles. The summed E-state index contributed by atoms with van der Waals surface area (Å²) in [5.41, 5.74) is 1.28. The Morgan fingerprint density at radius 3 is 2.52 bits per heavy atom. The van der Waals surface area contributed by atoms with Crippen molar-refractivity contribution in [1.82, 2.24) is 9.88 Å². The number of carbonyl (C=O) groups is 1. The maximum atomic E-state index is 13.5. The zero-order valence-corrected chi connectivity index (χ0v) is 21.7. The highest BCUT2D eigenvalue weighted by Crippen LogP contribution is 2.31. The predicted molar refractivity (Wildman–Crippen MR) is 137 cm³/mol. The molecule has 1 aromatic heterocycles. The number of ether oxygens (including phenoxy) is 1. The molecule has 1 fully saturated rings. The number of morpholine rings is 1. The van der Waals surface area contributed by atoms with Gasteiger partial charge in [0.2, 0.25) is 0 Å². The fraction of sp³-hybridized carbons (Fsp3) is 0.364. The van der Waals surface area contributed by atoms with Gasteiger partial charge < -0.3 is 4.74 Å². The Labute approximate surface area is 208 Å². The lowest BCUT2D eigenvalue weighted by Gasteiger charge is -2.29. The van der Waals surface area contributed by atoms with E-state index in [4.69, 9.17) is 4.74 Å². The van der Waals surface area contributed by atoms with E-state index < -0.39 is 9.84 Å². The number of rotatable bonds is 7. The number of amides is 1. The summed E-state index contributed by atoms with van der Waals surface area (Å²) >= 11 is 2.96. The van der Waals surface area contributed by atoms with Crippen molar-refractivity contribution in [2.45, 2.75) is 9.79 Å². The van der Waals surface area contributed by atoms with E-state index in [-0.39, 0.29) is 23.2 Å². The number of aromatic nitrogens is 1. The van der Waals surface area contributed by atoms with E-state index in [1.165, 1.54) is 17.6 Å². The monoisotopic (exact) mass is 527 g/mol. The number of thiazole rings is 1. The quantitative estimate of drug-likeness (QED) is 0.432. The Bertz CT molecular complexity index is 1210. The van der Waals surface area contributed by atoms with Crippen molar-refractivity contribution in [3.63, 3.8) is 0 Å². The van der Waals surface area contributed by atoms with Gasteiger partial charge in [0.15, 0.2) is 15.0 Å². The minimum absolute atomic E-state index is 0. The zero-order chi connectivity index (χ0) is 22.7. The molecule has 1 saturated heterocycles. The molecule has 4 rings (SSSR count). The topological polar surface area (TPSA) is 79.8 Å². The molecule has 3 aromatic rings. The summed E-state index contributed by atoms with van der Waals surface area (Å²) < 4.78 is 30.1. The summed E-state index contributed by atoms with van der Waals surface area (Å²) in [5, 5.41) is 0.567. The van der Waals surface area contributed by atoms with E-state index in [2.05, 4.69) is 9.88 Å². The van der Waals surface area contributed by atoms with Crippen LogP contribution in [0.5, 0.6) is 0 Å². The van der Waals surface area contributed by atoms with E-state index in [0.29, 0.717) is 42.5 Å². The van der Waals surface area contributed by atoms with Crippen LogP contribution in [0.2, 0.25) is 0 Å². The molecule has 0 saturated carbocycles. The number of benzene rings is 2. The molecule has 0 N–H and O–H groups in total. The number of hydrogen-bond acceptors (Lipinski definition) is 8. The van der Waals surface area contributed by atoms with E-state index in [1.807, 2.05) is 30.5 Å². The number of sulfone groups is 1. The number of carbonyl (C=O) groups excluding carboxylic acids is 1. The molecule has 178 valence electrons. The Morgan fingerprint density at radius 1 is 1.18 bits per heavy atom. The molecule has 0 radical (unpaired) electrons. The van der Waals surface area contributed by atoms with Crippen LogP contribution in [0, 0.1) is 0 Å². The standard InChI is InChI=1S/C22H25N3O4S3.ClH/c1-30-17-5-3-16(4-6-17)21(26)25(10-9-24-11-13-29-14-12-24)22-23-19-8-7-18(32(2,27)28)15-20(19)31-22;/h3-8,15H,9-14H2,1-2H3;1H. The number of anilines is 1. The van der Waals surface area contributed by atoms with E-state index in [0.717, 1.165) is 22.7 Å². The third-order valence-electron chi connectivity index (χ3n) is 5.33. The third kappa shape index (κ3) is 6.26. The van der Waals surface area contributed by atoms with Crippen LogP contribution < -0.4 is 4.90 Å². The third-order valence-corrected chi connectivity index (χ3v) is 8.23. The first-order valence-electron chi connectivity index (χ1n) is 10.2. The summed E-state index contributed by atoms with van der Waals surface area (Å²) in [6.45, 7) is 4.26. The molecular formula is C22H26ClN3O4S3. The van der Waals surface area contributed by atoms with Gasteiger partial charge in [0.1, 0.15) is 0 Å². The van der Waals surface area contributed by atoms with Gasteiger partial charge in [-0.2, -0.15) is 0 Å². The van der Waals surface area contributed by atoms with Crippen molar-refractivity contribution >= 4 is 66.6 Å². The zero-order valence-electron chi connectivity index (χ0n) is 18.4. The molecular weight excluding hydrogens is 502 g/mol. The molecule has 0 unspecified atom stereocenters. The average molecular weight is 528 g/mol. The lowest BCUT2D eigenvalue weighted by Crippen LogP contribution is -2.43. The fourth-order valence-electron chi connectivity index (χ4n) is 3.48. The molecule has 1 amide bonds. The number of fused-ring (bicyclic) bond motifs is 1. The number of thioether (sulfide) groups is 1. The van der Waals surface area contributed by atoms with Gasteiger partial charge in [-0.15, -0.1) is 24.2 Å². The molecule has 11 heteroatoms. The van der Waals surface area contributed by atoms with Gasteiger partial charge in [0.25, 0.3) is 5.91 Å². The Hall–Kier alpha value is -1.69. The van der Waals surface area contributed by atoms with Crippen LogP contribution in [-0.2, 0) is 14.6 Å². The van der Waals surface area contributed by atoms with Gasteiger partial charge in [0, 0.05) is 42.9 Å².